The first-order chi connectivity index (χ1) is 13.6. The fraction of sp³-hybridized carbons (Fsp3) is 0.476. The number of ether oxygens (including phenoxy) is 1. The third-order valence-electron chi connectivity index (χ3n) is 5.95. The molecule has 5 rings (SSSR count). The molecule has 1 saturated heterocycles. The molecule has 1 atom stereocenters. The van der Waals surface area contributed by atoms with E-state index in [4.69, 9.17) is 14.8 Å². The number of rotatable bonds is 2. The van der Waals surface area contributed by atoms with Crippen molar-refractivity contribution in [3.8, 4) is 11.5 Å². The lowest BCUT2D eigenvalue weighted by Gasteiger charge is -2.23. The molecular formula is C21H25N5O2. The molecule has 7 heteroatoms. The second-order valence-electron chi connectivity index (χ2n) is 7.85. The fourth-order valence-corrected chi connectivity index (χ4v) is 4.18. The monoisotopic (exact) mass is 379 g/mol. The van der Waals surface area contributed by atoms with E-state index in [0.29, 0.717) is 13.2 Å². The summed E-state index contributed by atoms with van der Waals surface area (Å²) in [5.74, 6) is 0.893. The number of nitrogens with one attached hydrogen (secondary N) is 1. The van der Waals surface area contributed by atoms with Crippen LogP contribution in [0.5, 0.6) is 0 Å². The molecule has 2 aromatic heterocycles. The molecule has 146 valence electrons. The molecule has 1 fully saturated rings. The molecule has 2 aliphatic heterocycles. The normalized spacial score (nSPS) is 19.8. The van der Waals surface area contributed by atoms with Crippen molar-refractivity contribution in [1.29, 1.82) is 0 Å². The van der Waals surface area contributed by atoms with Crippen molar-refractivity contribution in [2.45, 2.75) is 52.3 Å². The van der Waals surface area contributed by atoms with Gasteiger partial charge in [-0.05, 0) is 56.4 Å². The number of aromatic amines is 1. The lowest BCUT2D eigenvalue weighted by Crippen LogP contribution is -2.38. The molecule has 0 spiro atoms. The van der Waals surface area contributed by atoms with E-state index in [9.17, 15) is 4.79 Å². The Bertz CT molecular complexity index is 1040. The minimum Gasteiger partial charge on any atom is -0.368 e. The van der Waals surface area contributed by atoms with Crippen molar-refractivity contribution >= 4 is 16.9 Å². The average molecular weight is 379 g/mol. The van der Waals surface area contributed by atoms with Crippen LogP contribution in [-0.2, 0) is 22.6 Å². The lowest BCUT2D eigenvalue weighted by atomic mass is 10.1. The number of nitrogens with zero attached hydrogens (tertiary/aromatic N) is 4. The first kappa shape index (κ1) is 17.4. The number of amides is 1. The average Bonchev–Trinajstić information content (AvgIpc) is 3.42. The van der Waals surface area contributed by atoms with Crippen LogP contribution < -0.4 is 0 Å². The molecule has 0 radical (unpaired) electrons. The molecule has 28 heavy (non-hydrogen) atoms. The maximum atomic E-state index is 12.8. The highest BCUT2D eigenvalue weighted by Gasteiger charge is 2.30. The predicted molar refractivity (Wildman–Crippen MR) is 106 cm³/mol. The zero-order chi connectivity index (χ0) is 19.3. The summed E-state index contributed by atoms with van der Waals surface area (Å²) in [6, 6.07) is 6.23. The number of carbonyl (C=O) groups excluding carboxylic acids is 1. The van der Waals surface area contributed by atoms with Crippen LogP contribution in [0.4, 0.5) is 0 Å². The second kappa shape index (κ2) is 6.74. The van der Waals surface area contributed by atoms with E-state index in [1.54, 1.807) is 0 Å². The lowest BCUT2D eigenvalue weighted by molar-refractivity contribution is -0.141. The minimum absolute atomic E-state index is 0.114. The third-order valence-corrected chi connectivity index (χ3v) is 5.95. The molecule has 1 amide bonds. The topological polar surface area (TPSA) is 76.0 Å². The van der Waals surface area contributed by atoms with Gasteiger partial charge in [-0.2, -0.15) is 5.10 Å². The number of H-pyrrole nitrogens is 1. The molecule has 4 heterocycles. The Hall–Kier alpha value is -2.67. The van der Waals surface area contributed by atoms with Crippen LogP contribution in [0.25, 0.3) is 22.6 Å². The number of aryl methyl sites for hydroxylation is 3. The summed E-state index contributed by atoms with van der Waals surface area (Å²) in [7, 11) is 0. The SMILES string of the molecule is Cc1ccc2[nH]c(-c3cc4n(n3)CCCN(C(=O)[C@H]3CCCO3)C4)nc2c1C. The summed E-state index contributed by atoms with van der Waals surface area (Å²) in [6.45, 7) is 7.02. The zero-order valence-corrected chi connectivity index (χ0v) is 16.4. The summed E-state index contributed by atoms with van der Waals surface area (Å²) in [4.78, 5) is 22.9. The van der Waals surface area contributed by atoms with Gasteiger partial charge in [0.1, 0.15) is 11.8 Å². The first-order valence-corrected chi connectivity index (χ1v) is 10.0. The molecule has 0 aliphatic carbocycles. The van der Waals surface area contributed by atoms with Crippen LogP contribution in [0, 0.1) is 13.8 Å². The number of benzene rings is 1. The van der Waals surface area contributed by atoms with Crippen molar-refractivity contribution < 1.29 is 9.53 Å². The van der Waals surface area contributed by atoms with Gasteiger partial charge < -0.3 is 14.6 Å². The Morgan fingerprint density at radius 3 is 2.96 bits per heavy atom. The van der Waals surface area contributed by atoms with Gasteiger partial charge in [-0.25, -0.2) is 4.98 Å². The summed E-state index contributed by atoms with van der Waals surface area (Å²) in [6.07, 6.45) is 2.43. The highest BCUT2D eigenvalue weighted by molar-refractivity contribution is 5.83. The Kier molecular flexibility index (Phi) is 4.19. The molecule has 3 aromatic rings. The quantitative estimate of drug-likeness (QED) is 0.743. The van der Waals surface area contributed by atoms with Crippen molar-refractivity contribution in [2.24, 2.45) is 0 Å². The van der Waals surface area contributed by atoms with Gasteiger partial charge in [0.2, 0.25) is 0 Å². The van der Waals surface area contributed by atoms with E-state index in [-0.39, 0.29) is 12.0 Å². The Morgan fingerprint density at radius 2 is 2.14 bits per heavy atom. The Balaban J connectivity index is 1.44. The van der Waals surface area contributed by atoms with Crippen LogP contribution in [0.1, 0.15) is 36.1 Å². The number of hydrogen-bond acceptors (Lipinski definition) is 4. The highest BCUT2D eigenvalue weighted by Crippen LogP contribution is 2.26. The number of carbonyl (C=O) groups is 1. The van der Waals surface area contributed by atoms with E-state index in [1.165, 1.54) is 11.1 Å². The number of hydrogen-bond donors (Lipinski definition) is 1. The number of aromatic nitrogens is 4. The van der Waals surface area contributed by atoms with Crippen LogP contribution in [0.2, 0.25) is 0 Å². The molecule has 1 aromatic carbocycles. The predicted octanol–water partition coefficient (Wildman–Crippen LogP) is 2.95. The van der Waals surface area contributed by atoms with Gasteiger partial charge in [-0.1, -0.05) is 6.07 Å². The standard InChI is InChI=1S/C21H25N5O2/c1-13-6-7-16-19(14(13)2)23-20(22-16)17-11-15-12-25(8-4-9-26(15)24-17)21(27)18-5-3-10-28-18/h6-7,11,18H,3-5,8-10,12H2,1-2H3,(H,22,23)/t18-/m1/s1. The van der Waals surface area contributed by atoms with E-state index in [2.05, 4.69) is 37.0 Å². The van der Waals surface area contributed by atoms with E-state index in [0.717, 1.165) is 60.6 Å². The molecule has 7 nitrogen and oxygen atoms in total. The van der Waals surface area contributed by atoms with Crippen molar-refractivity contribution in [3.05, 3.63) is 35.0 Å². The summed E-state index contributed by atoms with van der Waals surface area (Å²) >= 11 is 0. The van der Waals surface area contributed by atoms with Gasteiger partial charge in [0.05, 0.1) is 23.3 Å². The van der Waals surface area contributed by atoms with E-state index in [1.807, 2.05) is 9.58 Å². The van der Waals surface area contributed by atoms with Gasteiger partial charge in [0, 0.05) is 19.7 Å². The maximum absolute atomic E-state index is 12.8. The van der Waals surface area contributed by atoms with Crippen molar-refractivity contribution in [2.75, 3.05) is 13.2 Å². The van der Waals surface area contributed by atoms with Crippen molar-refractivity contribution in [3.63, 3.8) is 0 Å². The summed E-state index contributed by atoms with van der Waals surface area (Å²) in [5, 5.41) is 4.77. The zero-order valence-electron chi connectivity index (χ0n) is 16.4. The van der Waals surface area contributed by atoms with Gasteiger partial charge in [0.15, 0.2) is 5.82 Å². The number of fused-ring (bicyclic) bond motifs is 2. The maximum Gasteiger partial charge on any atom is 0.252 e. The van der Waals surface area contributed by atoms with Crippen LogP contribution in [0.15, 0.2) is 18.2 Å². The number of imidazole rings is 1. The van der Waals surface area contributed by atoms with Gasteiger partial charge in [-0.3, -0.25) is 9.48 Å². The Morgan fingerprint density at radius 1 is 1.25 bits per heavy atom. The molecule has 1 N–H and O–H groups in total. The summed E-state index contributed by atoms with van der Waals surface area (Å²) < 4.78 is 7.61. The minimum atomic E-state index is -0.268. The van der Waals surface area contributed by atoms with Gasteiger partial charge >= 0.3 is 0 Å². The van der Waals surface area contributed by atoms with E-state index >= 15 is 0 Å². The largest absolute Gasteiger partial charge is 0.368 e. The van der Waals surface area contributed by atoms with Crippen LogP contribution in [-0.4, -0.2) is 49.8 Å². The summed E-state index contributed by atoms with van der Waals surface area (Å²) in [5.41, 5.74) is 6.32. The van der Waals surface area contributed by atoms with E-state index < -0.39 is 0 Å². The molecule has 2 aliphatic rings. The molecule has 0 saturated carbocycles. The van der Waals surface area contributed by atoms with Crippen LogP contribution in [0.3, 0.4) is 0 Å². The second-order valence-corrected chi connectivity index (χ2v) is 7.85. The smallest absolute Gasteiger partial charge is 0.252 e. The first-order valence-electron chi connectivity index (χ1n) is 10.0. The van der Waals surface area contributed by atoms with Gasteiger partial charge in [-0.15, -0.1) is 0 Å². The third kappa shape index (κ3) is 2.90. The molecule has 0 unspecified atom stereocenters. The molecular weight excluding hydrogens is 354 g/mol. The highest BCUT2D eigenvalue weighted by atomic mass is 16.5. The van der Waals surface area contributed by atoms with Crippen molar-refractivity contribution in [1.82, 2.24) is 24.6 Å². The van der Waals surface area contributed by atoms with Crippen LogP contribution >= 0.6 is 0 Å². The molecule has 0 bridgehead atoms. The Labute approximate surface area is 163 Å². The van der Waals surface area contributed by atoms with Gasteiger partial charge in [0.25, 0.3) is 5.91 Å². The fourth-order valence-electron chi connectivity index (χ4n) is 4.18.